The molecule has 0 aromatic heterocycles. The van der Waals surface area contributed by atoms with E-state index < -0.39 is 0 Å². The largest absolute Gasteiger partial charge is 0.466 e. The van der Waals surface area contributed by atoms with Crippen LogP contribution < -0.4 is 0 Å². The van der Waals surface area contributed by atoms with Crippen LogP contribution in [-0.4, -0.2) is 18.0 Å². The Bertz CT molecular complexity index is 368. The maximum Gasteiger partial charge on any atom is 0.330 e. The molecule has 1 unspecified atom stereocenters. The van der Waals surface area contributed by atoms with E-state index in [0.29, 0.717) is 5.92 Å². The SMILES string of the molecule is CCC(CC=CC(C)=CC(=O)OC)CCCC(Cl)(CC)CC. The fourth-order valence-electron chi connectivity index (χ4n) is 2.54. The third kappa shape index (κ3) is 9.30. The van der Waals surface area contributed by atoms with Crippen molar-refractivity contribution in [1.29, 1.82) is 0 Å². The number of hydrogen-bond acceptors (Lipinski definition) is 2. The van der Waals surface area contributed by atoms with E-state index in [0.717, 1.165) is 31.3 Å². The first-order valence-corrected chi connectivity index (χ1v) is 8.90. The van der Waals surface area contributed by atoms with E-state index in [-0.39, 0.29) is 10.8 Å². The maximum atomic E-state index is 11.1. The van der Waals surface area contributed by atoms with Gasteiger partial charge in [0.05, 0.1) is 7.11 Å². The van der Waals surface area contributed by atoms with Crippen molar-refractivity contribution >= 4 is 17.6 Å². The van der Waals surface area contributed by atoms with Crippen LogP contribution in [0, 0.1) is 5.92 Å². The molecule has 0 saturated heterocycles. The van der Waals surface area contributed by atoms with Crippen molar-refractivity contribution in [1.82, 2.24) is 0 Å². The highest BCUT2D eigenvalue weighted by Crippen LogP contribution is 2.31. The minimum atomic E-state index is -0.299. The molecule has 0 aliphatic carbocycles. The molecule has 0 saturated carbocycles. The number of carbonyl (C=O) groups is 1. The first kappa shape index (κ1) is 21.2. The molecule has 0 radical (unpaired) electrons. The topological polar surface area (TPSA) is 26.3 Å². The van der Waals surface area contributed by atoms with Crippen molar-refractivity contribution < 1.29 is 9.53 Å². The van der Waals surface area contributed by atoms with Crippen LogP contribution in [0.3, 0.4) is 0 Å². The standard InChI is InChI=1S/C19H33ClO2/c1-6-17(13-10-14-19(20,7-2)8-3)12-9-11-16(4)15-18(21)22-5/h9,11,15,17H,6-8,10,12-14H2,1-5H3. The number of carbonyl (C=O) groups excluding carboxylic acids is 1. The fraction of sp³-hybridized carbons (Fsp3) is 0.737. The minimum Gasteiger partial charge on any atom is -0.466 e. The van der Waals surface area contributed by atoms with Gasteiger partial charge in [-0.05, 0) is 44.1 Å². The summed E-state index contributed by atoms with van der Waals surface area (Å²) in [5.74, 6) is 0.392. The highest BCUT2D eigenvalue weighted by Gasteiger charge is 2.22. The van der Waals surface area contributed by atoms with E-state index in [1.807, 2.05) is 13.0 Å². The molecule has 0 aromatic rings. The van der Waals surface area contributed by atoms with Crippen molar-refractivity contribution in [2.75, 3.05) is 7.11 Å². The zero-order chi connectivity index (χ0) is 17.0. The van der Waals surface area contributed by atoms with Gasteiger partial charge in [-0.25, -0.2) is 4.79 Å². The quantitative estimate of drug-likeness (QED) is 0.200. The molecular weight excluding hydrogens is 296 g/mol. The second-order valence-corrected chi connectivity index (χ2v) is 6.88. The van der Waals surface area contributed by atoms with E-state index in [4.69, 9.17) is 11.6 Å². The average molecular weight is 329 g/mol. The molecule has 0 spiro atoms. The molecule has 3 heteroatoms. The molecule has 0 aliphatic rings. The van der Waals surface area contributed by atoms with E-state index in [1.165, 1.54) is 32.4 Å². The van der Waals surface area contributed by atoms with E-state index in [9.17, 15) is 4.79 Å². The molecule has 22 heavy (non-hydrogen) atoms. The van der Waals surface area contributed by atoms with Gasteiger partial charge >= 0.3 is 5.97 Å². The molecule has 0 heterocycles. The van der Waals surface area contributed by atoms with Crippen molar-refractivity contribution in [3.8, 4) is 0 Å². The summed E-state index contributed by atoms with van der Waals surface area (Å²) in [5.41, 5.74) is 0.929. The summed E-state index contributed by atoms with van der Waals surface area (Å²) < 4.78 is 4.61. The van der Waals surface area contributed by atoms with Gasteiger partial charge in [-0.3, -0.25) is 0 Å². The molecule has 0 amide bonds. The molecule has 2 nitrogen and oxygen atoms in total. The summed E-state index contributed by atoms with van der Waals surface area (Å²) in [6.45, 7) is 8.50. The van der Waals surface area contributed by atoms with Crippen LogP contribution in [0.2, 0.25) is 0 Å². The second kappa shape index (κ2) is 11.8. The average Bonchev–Trinajstić information content (AvgIpc) is 2.52. The predicted octanol–water partition coefficient (Wildman–Crippen LogP) is 6.05. The molecular formula is C19H33ClO2. The van der Waals surface area contributed by atoms with Crippen molar-refractivity contribution in [2.24, 2.45) is 5.92 Å². The summed E-state index contributed by atoms with van der Waals surface area (Å²) >= 11 is 6.58. The van der Waals surface area contributed by atoms with Crippen molar-refractivity contribution in [3.05, 3.63) is 23.8 Å². The molecule has 0 N–H and O–H groups in total. The van der Waals surface area contributed by atoms with Crippen LogP contribution in [0.15, 0.2) is 23.8 Å². The van der Waals surface area contributed by atoms with Crippen LogP contribution in [0.25, 0.3) is 0 Å². The lowest BCUT2D eigenvalue weighted by Crippen LogP contribution is -2.19. The normalized spacial score (nSPS) is 14.4. The predicted molar refractivity (Wildman–Crippen MR) is 96.3 cm³/mol. The van der Waals surface area contributed by atoms with E-state index in [1.54, 1.807) is 0 Å². The number of hydrogen-bond donors (Lipinski definition) is 0. The lowest BCUT2D eigenvalue weighted by molar-refractivity contribution is -0.134. The summed E-state index contributed by atoms with van der Waals surface area (Å²) in [4.78, 5) is 11.1. The number of alkyl halides is 1. The number of rotatable bonds is 11. The molecule has 0 bridgehead atoms. The van der Waals surface area contributed by atoms with Gasteiger partial charge in [0.25, 0.3) is 0 Å². The highest BCUT2D eigenvalue weighted by atomic mass is 35.5. The van der Waals surface area contributed by atoms with E-state index >= 15 is 0 Å². The Labute approximate surface area is 142 Å². The third-order valence-corrected chi connectivity index (χ3v) is 5.20. The van der Waals surface area contributed by atoms with Gasteiger partial charge in [-0.1, -0.05) is 52.2 Å². The Morgan fingerprint density at radius 2 is 1.91 bits per heavy atom. The molecule has 1 atom stereocenters. The Morgan fingerprint density at radius 1 is 1.27 bits per heavy atom. The fourth-order valence-corrected chi connectivity index (χ4v) is 2.67. The first-order valence-electron chi connectivity index (χ1n) is 8.52. The van der Waals surface area contributed by atoms with Crippen LogP contribution in [0.4, 0.5) is 0 Å². The first-order chi connectivity index (χ1) is 10.4. The van der Waals surface area contributed by atoms with Crippen LogP contribution in [0.5, 0.6) is 0 Å². The van der Waals surface area contributed by atoms with Gasteiger partial charge in [0.2, 0.25) is 0 Å². The van der Waals surface area contributed by atoms with Crippen molar-refractivity contribution in [2.45, 2.75) is 77.5 Å². The van der Waals surface area contributed by atoms with Crippen molar-refractivity contribution in [3.63, 3.8) is 0 Å². The molecule has 128 valence electrons. The minimum absolute atomic E-state index is 0.00598. The van der Waals surface area contributed by atoms with Gasteiger partial charge in [0.1, 0.15) is 0 Å². The van der Waals surface area contributed by atoms with Crippen LogP contribution >= 0.6 is 11.6 Å². The lowest BCUT2D eigenvalue weighted by Gasteiger charge is -2.24. The zero-order valence-electron chi connectivity index (χ0n) is 15.0. The number of halogens is 1. The number of ether oxygens (including phenoxy) is 1. The Balaban J connectivity index is 4.22. The molecule has 0 rings (SSSR count). The van der Waals surface area contributed by atoms with Gasteiger partial charge in [-0.15, -0.1) is 11.6 Å². The zero-order valence-corrected chi connectivity index (χ0v) is 15.7. The Morgan fingerprint density at radius 3 is 2.41 bits per heavy atom. The number of esters is 1. The number of allylic oxidation sites excluding steroid dienone is 3. The number of methoxy groups -OCH3 is 1. The second-order valence-electron chi connectivity index (χ2n) is 6.07. The molecule has 0 aromatic carbocycles. The molecule has 0 fully saturated rings. The smallest absolute Gasteiger partial charge is 0.330 e. The third-order valence-electron chi connectivity index (χ3n) is 4.48. The summed E-state index contributed by atoms with van der Waals surface area (Å²) in [5, 5.41) is 0. The van der Waals surface area contributed by atoms with Gasteiger partial charge < -0.3 is 4.74 Å². The Hall–Kier alpha value is -0.760. The summed E-state index contributed by atoms with van der Waals surface area (Å²) in [6.07, 6.45) is 13.5. The lowest BCUT2D eigenvalue weighted by atomic mass is 9.90. The van der Waals surface area contributed by atoms with Gasteiger partial charge in [0, 0.05) is 11.0 Å². The Kier molecular flexibility index (Phi) is 11.4. The summed E-state index contributed by atoms with van der Waals surface area (Å²) in [7, 11) is 1.40. The molecule has 0 aliphatic heterocycles. The van der Waals surface area contributed by atoms with E-state index in [2.05, 4.69) is 31.6 Å². The van der Waals surface area contributed by atoms with Gasteiger partial charge in [0.15, 0.2) is 0 Å². The maximum absolute atomic E-state index is 11.1. The highest BCUT2D eigenvalue weighted by molar-refractivity contribution is 6.23. The van der Waals surface area contributed by atoms with Gasteiger partial charge in [-0.2, -0.15) is 0 Å². The summed E-state index contributed by atoms with van der Waals surface area (Å²) in [6, 6.07) is 0. The van der Waals surface area contributed by atoms with Crippen LogP contribution in [-0.2, 0) is 9.53 Å². The monoisotopic (exact) mass is 328 g/mol. The van der Waals surface area contributed by atoms with Crippen LogP contribution in [0.1, 0.15) is 72.6 Å².